The highest BCUT2D eigenvalue weighted by atomic mass is 32.2. The molecule has 1 heterocycles. The molecule has 0 aromatic rings. The van der Waals surface area contributed by atoms with Gasteiger partial charge in [-0.2, -0.15) is 0 Å². The lowest BCUT2D eigenvalue weighted by Gasteiger charge is -2.12. The zero-order valence-corrected chi connectivity index (χ0v) is 12.2. The molecule has 2 unspecified atom stereocenters. The average Bonchev–Trinajstić information content (AvgIpc) is 2.67. The van der Waals surface area contributed by atoms with Crippen molar-refractivity contribution < 1.29 is 27.9 Å². The van der Waals surface area contributed by atoms with Gasteiger partial charge in [-0.25, -0.2) is 13.2 Å². The molecule has 1 aliphatic heterocycles. The van der Waals surface area contributed by atoms with Crippen molar-refractivity contribution in [2.75, 3.05) is 23.0 Å². The lowest BCUT2D eigenvalue weighted by molar-refractivity contribution is -0.139. The van der Waals surface area contributed by atoms with Gasteiger partial charge in [0.15, 0.2) is 9.84 Å². The van der Waals surface area contributed by atoms with Crippen LogP contribution in [0.3, 0.4) is 0 Å². The number of carboxylic acids is 1. The van der Waals surface area contributed by atoms with E-state index in [0.717, 1.165) is 11.8 Å². The molecule has 0 aliphatic carbocycles. The number of hydrogen-bond donors (Lipinski definition) is 3. The van der Waals surface area contributed by atoms with Crippen LogP contribution in [0.1, 0.15) is 6.42 Å². The van der Waals surface area contributed by atoms with Crippen LogP contribution in [0.25, 0.3) is 0 Å². The fourth-order valence-electron chi connectivity index (χ4n) is 1.72. The number of sulfone groups is 1. The Hall–Kier alpha value is -1.29. The minimum Gasteiger partial charge on any atom is -0.480 e. The van der Waals surface area contributed by atoms with E-state index in [1.807, 2.05) is 0 Å². The Balaban J connectivity index is 2.26. The molecular weight excluding hydrogens is 308 g/mol. The molecular formula is C10H16N2O6S2. The molecule has 114 valence electrons. The van der Waals surface area contributed by atoms with Crippen LogP contribution in [-0.4, -0.2) is 66.9 Å². The van der Waals surface area contributed by atoms with Crippen molar-refractivity contribution in [2.45, 2.75) is 18.5 Å². The molecule has 0 aromatic carbocycles. The summed E-state index contributed by atoms with van der Waals surface area (Å²) in [7, 11) is -3.04. The average molecular weight is 324 g/mol. The molecule has 10 heteroatoms. The van der Waals surface area contributed by atoms with Gasteiger partial charge < -0.3 is 15.7 Å². The molecule has 1 saturated heterocycles. The van der Waals surface area contributed by atoms with Crippen LogP contribution in [0.5, 0.6) is 0 Å². The highest BCUT2D eigenvalue weighted by Gasteiger charge is 2.28. The molecule has 0 radical (unpaired) electrons. The number of rotatable bonds is 8. The SMILES string of the molecule is O=CNC(CSCC(=O)NC1CCS(=O)(=O)C1)C(=O)O. The topological polar surface area (TPSA) is 130 Å². The van der Waals surface area contributed by atoms with Crippen molar-refractivity contribution in [3.8, 4) is 0 Å². The highest BCUT2D eigenvalue weighted by Crippen LogP contribution is 2.11. The molecule has 0 bridgehead atoms. The van der Waals surface area contributed by atoms with Gasteiger partial charge in [-0.1, -0.05) is 0 Å². The minimum atomic E-state index is -3.04. The maximum atomic E-state index is 11.6. The van der Waals surface area contributed by atoms with Crippen LogP contribution >= 0.6 is 11.8 Å². The second kappa shape index (κ2) is 7.48. The Morgan fingerprint density at radius 2 is 2.15 bits per heavy atom. The lowest BCUT2D eigenvalue weighted by atomic mass is 10.3. The summed E-state index contributed by atoms with van der Waals surface area (Å²) in [5.41, 5.74) is 0. The first-order valence-electron chi connectivity index (χ1n) is 5.84. The third-order valence-corrected chi connectivity index (χ3v) is 5.49. The molecule has 3 N–H and O–H groups in total. The summed E-state index contributed by atoms with van der Waals surface area (Å²) in [6.07, 6.45) is 0.700. The van der Waals surface area contributed by atoms with Crippen LogP contribution in [-0.2, 0) is 24.2 Å². The Kier molecular flexibility index (Phi) is 6.27. The van der Waals surface area contributed by atoms with E-state index < -0.39 is 21.8 Å². The molecule has 8 nitrogen and oxygen atoms in total. The number of nitrogens with one attached hydrogen (secondary N) is 2. The zero-order valence-electron chi connectivity index (χ0n) is 10.6. The number of hydrogen-bond acceptors (Lipinski definition) is 6. The normalized spacial score (nSPS) is 21.9. The first-order valence-corrected chi connectivity index (χ1v) is 8.81. The third-order valence-electron chi connectivity index (χ3n) is 2.68. The van der Waals surface area contributed by atoms with E-state index in [-0.39, 0.29) is 35.0 Å². The molecule has 1 aliphatic rings. The van der Waals surface area contributed by atoms with E-state index in [1.54, 1.807) is 0 Å². The maximum Gasteiger partial charge on any atom is 0.327 e. The van der Waals surface area contributed by atoms with Gasteiger partial charge in [-0.15, -0.1) is 11.8 Å². The summed E-state index contributed by atoms with van der Waals surface area (Å²) in [4.78, 5) is 32.5. The Morgan fingerprint density at radius 3 is 2.65 bits per heavy atom. The van der Waals surface area contributed by atoms with Crippen molar-refractivity contribution in [1.82, 2.24) is 10.6 Å². The standard InChI is InChI=1S/C10H16N2O6S2/c13-6-11-8(10(15)16)3-19-4-9(14)12-7-1-2-20(17,18)5-7/h6-8H,1-5H2,(H,11,13)(H,12,14)(H,15,16). The number of carbonyl (C=O) groups excluding carboxylic acids is 2. The van der Waals surface area contributed by atoms with Gasteiger partial charge in [0.05, 0.1) is 17.3 Å². The molecule has 2 amide bonds. The van der Waals surface area contributed by atoms with Crippen LogP contribution in [0.2, 0.25) is 0 Å². The quantitative estimate of drug-likeness (QED) is 0.450. The highest BCUT2D eigenvalue weighted by molar-refractivity contribution is 8.00. The fourth-order valence-corrected chi connectivity index (χ4v) is 4.25. The van der Waals surface area contributed by atoms with Gasteiger partial charge in [0.2, 0.25) is 12.3 Å². The van der Waals surface area contributed by atoms with Crippen LogP contribution in [0, 0.1) is 0 Å². The van der Waals surface area contributed by atoms with Crippen molar-refractivity contribution in [2.24, 2.45) is 0 Å². The first kappa shape index (κ1) is 16.8. The predicted octanol–water partition coefficient (Wildman–Crippen LogP) is -1.78. The lowest BCUT2D eigenvalue weighted by Crippen LogP contribution is -2.39. The summed E-state index contributed by atoms with van der Waals surface area (Å²) in [5.74, 6) is -1.41. The summed E-state index contributed by atoms with van der Waals surface area (Å²) < 4.78 is 22.4. The molecule has 0 aromatic heterocycles. The second-order valence-corrected chi connectivity index (χ2v) is 7.62. The minimum absolute atomic E-state index is 0.0147. The summed E-state index contributed by atoms with van der Waals surface area (Å²) in [6.45, 7) is 0. The van der Waals surface area contributed by atoms with Gasteiger partial charge in [0.1, 0.15) is 6.04 Å². The summed E-state index contributed by atoms with van der Waals surface area (Å²) in [6, 6.07) is -1.41. The van der Waals surface area contributed by atoms with Gasteiger partial charge in [0, 0.05) is 11.8 Å². The van der Waals surface area contributed by atoms with E-state index in [9.17, 15) is 22.8 Å². The Labute approximate surface area is 120 Å². The van der Waals surface area contributed by atoms with Gasteiger partial charge in [0.25, 0.3) is 0 Å². The monoisotopic (exact) mass is 324 g/mol. The van der Waals surface area contributed by atoms with Crippen molar-refractivity contribution in [3.63, 3.8) is 0 Å². The number of thioether (sulfide) groups is 1. The van der Waals surface area contributed by atoms with Crippen LogP contribution in [0.4, 0.5) is 0 Å². The van der Waals surface area contributed by atoms with E-state index in [4.69, 9.17) is 5.11 Å². The molecule has 0 spiro atoms. The van der Waals surface area contributed by atoms with E-state index in [1.165, 1.54) is 0 Å². The Bertz CT molecular complexity index is 478. The predicted molar refractivity (Wildman–Crippen MR) is 73.2 cm³/mol. The molecule has 2 atom stereocenters. The smallest absolute Gasteiger partial charge is 0.327 e. The van der Waals surface area contributed by atoms with Crippen molar-refractivity contribution >= 4 is 39.9 Å². The van der Waals surface area contributed by atoms with Crippen LogP contribution < -0.4 is 10.6 Å². The van der Waals surface area contributed by atoms with E-state index in [0.29, 0.717) is 12.8 Å². The summed E-state index contributed by atoms with van der Waals surface area (Å²) >= 11 is 1.06. The number of amides is 2. The van der Waals surface area contributed by atoms with Gasteiger partial charge in [-0.05, 0) is 6.42 Å². The molecule has 1 fully saturated rings. The molecule has 0 saturated carbocycles. The van der Waals surface area contributed by atoms with E-state index >= 15 is 0 Å². The van der Waals surface area contributed by atoms with Gasteiger partial charge in [-0.3, -0.25) is 9.59 Å². The van der Waals surface area contributed by atoms with Crippen LogP contribution in [0.15, 0.2) is 0 Å². The largest absolute Gasteiger partial charge is 0.480 e. The number of carboxylic acid groups (broad SMARTS) is 1. The van der Waals surface area contributed by atoms with E-state index in [2.05, 4.69) is 10.6 Å². The van der Waals surface area contributed by atoms with Crippen molar-refractivity contribution in [1.29, 1.82) is 0 Å². The number of aliphatic carboxylic acids is 1. The summed E-state index contributed by atoms with van der Waals surface area (Å²) in [5, 5.41) is 13.5. The van der Waals surface area contributed by atoms with Crippen molar-refractivity contribution in [3.05, 3.63) is 0 Å². The fraction of sp³-hybridized carbons (Fsp3) is 0.700. The van der Waals surface area contributed by atoms with Gasteiger partial charge >= 0.3 is 5.97 Å². The second-order valence-electron chi connectivity index (χ2n) is 4.36. The molecule has 1 rings (SSSR count). The Morgan fingerprint density at radius 1 is 1.45 bits per heavy atom. The molecule has 20 heavy (non-hydrogen) atoms. The maximum absolute atomic E-state index is 11.6. The number of carbonyl (C=O) groups is 3. The first-order chi connectivity index (χ1) is 9.34. The zero-order chi connectivity index (χ0) is 15.2. The third kappa shape index (κ3) is 5.78.